The first-order valence-electron chi connectivity index (χ1n) is 10.0. The molecule has 1 fully saturated rings. The number of amides is 2. The van der Waals surface area contributed by atoms with Crippen LogP contribution < -0.4 is 5.32 Å². The van der Waals surface area contributed by atoms with Crippen LogP contribution in [0.5, 0.6) is 0 Å². The van der Waals surface area contributed by atoms with Crippen molar-refractivity contribution in [3.05, 3.63) is 35.5 Å². The van der Waals surface area contributed by atoms with Gasteiger partial charge < -0.3 is 15.2 Å². The quantitative estimate of drug-likeness (QED) is 0.819. The molecule has 1 aromatic carbocycles. The number of aromatic amines is 1. The van der Waals surface area contributed by atoms with Gasteiger partial charge in [-0.25, -0.2) is 0 Å². The summed E-state index contributed by atoms with van der Waals surface area (Å²) in [6, 6.07) is 6.33. The number of piperidine rings is 1. The Morgan fingerprint density at radius 3 is 2.89 bits per heavy atom. The van der Waals surface area contributed by atoms with Crippen molar-refractivity contribution < 1.29 is 9.59 Å². The van der Waals surface area contributed by atoms with Crippen molar-refractivity contribution >= 4 is 22.7 Å². The summed E-state index contributed by atoms with van der Waals surface area (Å²) in [7, 11) is 0. The highest BCUT2D eigenvalue weighted by Crippen LogP contribution is 2.26. The molecule has 1 saturated heterocycles. The zero-order chi connectivity index (χ0) is 19.6. The molecule has 2 aromatic rings. The Morgan fingerprint density at radius 1 is 1.37 bits per heavy atom. The van der Waals surface area contributed by atoms with Crippen molar-refractivity contribution in [3.63, 3.8) is 0 Å². The van der Waals surface area contributed by atoms with Crippen molar-refractivity contribution in [3.8, 4) is 0 Å². The van der Waals surface area contributed by atoms with E-state index in [2.05, 4.69) is 49.3 Å². The summed E-state index contributed by atoms with van der Waals surface area (Å²) in [6.45, 7) is 9.64. The summed E-state index contributed by atoms with van der Waals surface area (Å²) in [5, 5.41) is 4.32. The van der Waals surface area contributed by atoms with Gasteiger partial charge in [-0.2, -0.15) is 0 Å². The molecule has 0 bridgehead atoms. The number of aryl methyl sites for hydroxylation is 1. The maximum Gasteiger partial charge on any atom is 0.225 e. The third kappa shape index (κ3) is 4.34. The van der Waals surface area contributed by atoms with Gasteiger partial charge in [-0.05, 0) is 50.3 Å². The van der Waals surface area contributed by atoms with Crippen LogP contribution in [-0.4, -0.2) is 40.8 Å². The van der Waals surface area contributed by atoms with Gasteiger partial charge in [0, 0.05) is 42.7 Å². The van der Waals surface area contributed by atoms with E-state index >= 15 is 0 Å². The molecule has 2 heterocycles. The molecule has 0 radical (unpaired) electrons. The van der Waals surface area contributed by atoms with Gasteiger partial charge in [0.2, 0.25) is 11.8 Å². The van der Waals surface area contributed by atoms with Crippen LogP contribution in [0.15, 0.2) is 24.4 Å². The maximum absolute atomic E-state index is 12.7. The number of nitrogens with zero attached hydrogens (tertiary/aromatic N) is 1. The molecule has 1 aromatic heterocycles. The fraction of sp³-hybridized carbons (Fsp3) is 0.545. The average Bonchev–Trinajstić information content (AvgIpc) is 3.00. The van der Waals surface area contributed by atoms with E-state index in [-0.39, 0.29) is 23.8 Å². The molecule has 146 valence electrons. The number of likely N-dealkylation sites (tertiary alicyclic amines) is 1. The Balaban J connectivity index is 1.58. The van der Waals surface area contributed by atoms with Crippen molar-refractivity contribution in [2.75, 3.05) is 13.1 Å². The highest BCUT2D eigenvalue weighted by atomic mass is 16.2. The number of hydrogen-bond acceptors (Lipinski definition) is 2. The number of rotatable bonds is 6. The number of nitrogens with one attached hydrogen (secondary N) is 2. The molecular formula is C22H31N3O2. The summed E-state index contributed by atoms with van der Waals surface area (Å²) < 4.78 is 0. The molecule has 27 heavy (non-hydrogen) atoms. The zero-order valence-corrected chi connectivity index (χ0v) is 16.8. The predicted octanol–water partition coefficient (Wildman–Crippen LogP) is 3.42. The van der Waals surface area contributed by atoms with Gasteiger partial charge in [0.1, 0.15) is 0 Å². The summed E-state index contributed by atoms with van der Waals surface area (Å²) in [6.07, 6.45) is 3.94. The number of carbonyl (C=O) groups is 2. The number of fused-ring (bicyclic) bond motifs is 1. The van der Waals surface area contributed by atoms with E-state index in [0.717, 1.165) is 18.5 Å². The van der Waals surface area contributed by atoms with E-state index < -0.39 is 0 Å². The van der Waals surface area contributed by atoms with E-state index in [1.54, 1.807) is 0 Å². The lowest BCUT2D eigenvalue weighted by Crippen LogP contribution is -2.52. The molecule has 3 rings (SSSR count). The SMILES string of the molecule is Cc1ccc2[nH]cc(CCNC(=O)C3CCC(=O)N(CC(C)C)C3C)c2c1. The highest BCUT2D eigenvalue weighted by molar-refractivity contribution is 5.85. The van der Waals surface area contributed by atoms with Crippen LogP contribution in [0.25, 0.3) is 10.9 Å². The molecule has 0 saturated carbocycles. The first-order chi connectivity index (χ1) is 12.9. The molecule has 2 atom stereocenters. The number of hydrogen-bond donors (Lipinski definition) is 2. The number of benzene rings is 1. The van der Waals surface area contributed by atoms with Crippen LogP contribution in [0.1, 0.15) is 44.7 Å². The largest absolute Gasteiger partial charge is 0.361 e. The van der Waals surface area contributed by atoms with E-state index in [4.69, 9.17) is 0 Å². The summed E-state index contributed by atoms with van der Waals surface area (Å²) in [5.41, 5.74) is 3.59. The average molecular weight is 370 g/mol. The second-order valence-corrected chi connectivity index (χ2v) is 8.23. The van der Waals surface area contributed by atoms with Gasteiger partial charge in [0.05, 0.1) is 5.92 Å². The number of carbonyl (C=O) groups excluding carboxylic acids is 2. The van der Waals surface area contributed by atoms with E-state index in [1.165, 1.54) is 16.5 Å². The highest BCUT2D eigenvalue weighted by Gasteiger charge is 2.36. The molecule has 2 amide bonds. The third-order valence-electron chi connectivity index (χ3n) is 5.58. The van der Waals surface area contributed by atoms with Crippen molar-refractivity contribution in [1.29, 1.82) is 0 Å². The van der Waals surface area contributed by atoms with Gasteiger partial charge >= 0.3 is 0 Å². The van der Waals surface area contributed by atoms with Crippen LogP contribution in [0.4, 0.5) is 0 Å². The second kappa shape index (κ2) is 8.15. The molecular weight excluding hydrogens is 338 g/mol. The summed E-state index contributed by atoms with van der Waals surface area (Å²) >= 11 is 0. The molecule has 2 N–H and O–H groups in total. The minimum atomic E-state index is -0.119. The maximum atomic E-state index is 12.7. The first-order valence-corrected chi connectivity index (χ1v) is 10.0. The van der Waals surface area contributed by atoms with Crippen molar-refractivity contribution in [1.82, 2.24) is 15.2 Å². The number of aromatic nitrogens is 1. The molecule has 1 aliphatic heterocycles. The van der Waals surface area contributed by atoms with Crippen LogP contribution >= 0.6 is 0 Å². The molecule has 1 aliphatic rings. The predicted molar refractivity (Wildman–Crippen MR) is 108 cm³/mol. The fourth-order valence-electron chi connectivity index (χ4n) is 4.07. The topological polar surface area (TPSA) is 65.2 Å². The third-order valence-corrected chi connectivity index (χ3v) is 5.58. The second-order valence-electron chi connectivity index (χ2n) is 8.23. The van der Waals surface area contributed by atoms with Gasteiger partial charge in [0.15, 0.2) is 0 Å². The minimum absolute atomic E-state index is 0.0376. The lowest BCUT2D eigenvalue weighted by Gasteiger charge is -2.39. The van der Waals surface area contributed by atoms with Crippen LogP contribution in [0.2, 0.25) is 0 Å². The Hall–Kier alpha value is -2.30. The standard InChI is InChI=1S/C22H31N3O2/c1-14(2)13-25-16(4)18(6-8-21(25)26)22(27)23-10-9-17-12-24-20-7-5-15(3)11-19(17)20/h5,7,11-12,14,16,18,24H,6,8-10,13H2,1-4H3,(H,23,27). The normalized spacial score (nSPS) is 20.5. The van der Waals surface area contributed by atoms with Gasteiger partial charge in [-0.1, -0.05) is 25.5 Å². The zero-order valence-electron chi connectivity index (χ0n) is 16.8. The smallest absolute Gasteiger partial charge is 0.225 e. The van der Waals surface area contributed by atoms with E-state index in [0.29, 0.717) is 25.3 Å². The van der Waals surface area contributed by atoms with Gasteiger partial charge in [0.25, 0.3) is 0 Å². The Bertz CT molecular complexity index is 824. The van der Waals surface area contributed by atoms with Gasteiger partial charge in [-0.3, -0.25) is 9.59 Å². The lowest BCUT2D eigenvalue weighted by molar-refractivity contribution is -0.142. The lowest BCUT2D eigenvalue weighted by atomic mass is 9.88. The van der Waals surface area contributed by atoms with Crippen molar-refractivity contribution in [2.24, 2.45) is 11.8 Å². The molecule has 5 nitrogen and oxygen atoms in total. The van der Waals surface area contributed by atoms with Crippen molar-refractivity contribution in [2.45, 2.75) is 53.0 Å². The summed E-state index contributed by atoms with van der Waals surface area (Å²) in [5.74, 6) is 0.532. The van der Waals surface area contributed by atoms with Gasteiger partial charge in [-0.15, -0.1) is 0 Å². The Labute approximate surface area is 161 Å². The van der Waals surface area contributed by atoms with E-state index in [9.17, 15) is 9.59 Å². The fourth-order valence-corrected chi connectivity index (χ4v) is 4.07. The first kappa shape index (κ1) is 19.5. The number of H-pyrrole nitrogens is 1. The van der Waals surface area contributed by atoms with Crippen LogP contribution in [-0.2, 0) is 16.0 Å². The molecule has 0 aliphatic carbocycles. The minimum Gasteiger partial charge on any atom is -0.361 e. The molecule has 0 spiro atoms. The monoisotopic (exact) mass is 369 g/mol. The Kier molecular flexibility index (Phi) is 5.88. The molecule has 2 unspecified atom stereocenters. The van der Waals surface area contributed by atoms with Crippen LogP contribution in [0, 0.1) is 18.8 Å². The van der Waals surface area contributed by atoms with E-state index in [1.807, 2.05) is 18.0 Å². The molecule has 5 heteroatoms. The van der Waals surface area contributed by atoms with Crippen LogP contribution in [0.3, 0.4) is 0 Å². The summed E-state index contributed by atoms with van der Waals surface area (Å²) in [4.78, 5) is 30.1. The Morgan fingerprint density at radius 2 is 2.15 bits per heavy atom.